The van der Waals surface area contributed by atoms with Crippen molar-refractivity contribution in [3.8, 4) is 0 Å². The molecule has 0 saturated carbocycles. The molecule has 0 N–H and O–H groups in total. The molecule has 4 heteroatoms. The van der Waals surface area contributed by atoms with Gasteiger partial charge in [0, 0.05) is 31.2 Å². The van der Waals surface area contributed by atoms with Crippen molar-refractivity contribution in [2.45, 2.75) is 13.8 Å². The quantitative estimate of drug-likeness (QED) is 0.695. The minimum Gasteiger partial charge on any atom is -0.358 e. The fraction of sp³-hybridized carbons (Fsp3) is 0.556. The van der Waals surface area contributed by atoms with Gasteiger partial charge in [0.15, 0.2) is 0 Å². The Hall–Kier alpha value is -0.830. The molecule has 0 unspecified atom stereocenters. The summed E-state index contributed by atoms with van der Waals surface area (Å²) < 4.78 is 0. The maximum Gasteiger partial charge on any atom is 0.132 e. The molecule has 13 heavy (non-hydrogen) atoms. The first-order chi connectivity index (χ1) is 6.13. The fourth-order valence-electron chi connectivity index (χ4n) is 1.13. The topological polar surface area (TPSA) is 29.0 Å². The van der Waals surface area contributed by atoms with Gasteiger partial charge in [0.25, 0.3) is 0 Å². The molecule has 0 radical (unpaired) electrons. The minimum absolute atomic E-state index is 0.610. The number of hydrogen-bond acceptors (Lipinski definition) is 3. The first-order valence-electron chi connectivity index (χ1n) is 4.23. The molecule has 0 saturated heterocycles. The van der Waals surface area contributed by atoms with Crippen LogP contribution in [0.5, 0.6) is 0 Å². The van der Waals surface area contributed by atoms with Crippen LogP contribution < -0.4 is 4.90 Å². The van der Waals surface area contributed by atoms with E-state index in [9.17, 15) is 0 Å². The smallest absolute Gasteiger partial charge is 0.132 e. The highest BCUT2D eigenvalue weighted by molar-refractivity contribution is 6.18. The summed E-state index contributed by atoms with van der Waals surface area (Å²) in [5.74, 6) is 2.35. The number of hydrogen-bond donors (Lipinski definition) is 0. The molecule has 0 fully saturated rings. The number of halogens is 1. The van der Waals surface area contributed by atoms with E-state index < -0.39 is 0 Å². The Kier molecular flexibility index (Phi) is 3.48. The van der Waals surface area contributed by atoms with Gasteiger partial charge >= 0.3 is 0 Å². The molecule has 1 aromatic rings. The van der Waals surface area contributed by atoms with Crippen molar-refractivity contribution in [3.63, 3.8) is 0 Å². The van der Waals surface area contributed by atoms with Crippen LogP contribution in [0.1, 0.15) is 11.5 Å². The predicted molar refractivity (Wildman–Crippen MR) is 55.5 cm³/mol. The van der Waals surface area contributed by atoms with E-state index in [1.54, 1.807) is 0 Å². The van der Waals surface area contributed by atoms with Gasteiger partial charge < -0.3 is 4.90 Å². The zero-order valence-electron chi connectivity index (χ0n) is 8.21. The summed E-state index contributed by atoms with van der Waals surface area (Å²) in [4.78, 5) is 10.5. The van der Waals surface area contributed by atoms with Crippen LogP contribution in [0.2, 0.25) is 0 Å². The summed E-state index contributed by atoms with van der Waals surface area (Å²) in [7, 11) is 1.98. The summed E-state index contributed by atoms with van der Waals surface area (Å²) >= 11 is 5.64. The molecule has 0 aromatic carbocycles. The highest BCUT2D eigenvalue weighted by Gasteiger charge is 2.03. The van der Waals surface area contributed by atoms with Crippen LogP contribution in [-0.2, 0) is 0 Å². The Morgan fingerprint density at radius 2 is 2.08 bits per heavy atom. The predicted octanol–water partition coefficient (Wildman–Crippen LogP) is 1.77. The third-order valence-electron chi connectivity index (χ3n) is 1.76. The summed E-state index contributed by atoms with van der Waals surface area (Å²) in [5.41, 5.74) is 0.990. The highest BCUT2D eigenvalue weighted by Crippen LogP contribution is 2.09. The van der Waals surface area contributed by atoms with Crippen LogP contribution >= 0.6 is 11.6 Å². The Labute approximate surface area is 83.8 Å². The molecule has 1 heterocycles. The number of aryl methyl sites for hydroxylation is 2. The maximum absolute atomic E-state index is 5.64. The molecule has 0 amide bonds. The third-order valence-corrected chi connectivity index (χ3v) is 1.93. The second-order valence-electron chi connectivity index (χ2n) is 3.03. The number of aromatic nitrogens is 2. The molecular weight excluding hydrogens is 186 g/mol. The zero-order valence-corrected chi connectivity index (χ0v) is 8.97. The van der Waals surface area contributed by atoms with E-state index in [0.717, 1.165) is 23.9 Å². The van der Waals surface area contributed by atoms with Crippen LogP contribution in [0.3, 0.4) is 0 Å². The molecular formula is C9H14ClN3. The first-order valence-corrected chi connectivity index (χ1v) is 4.76. The Balaban J connectivity index is 2.87. The zero-order chi connectivity index (χ0) is 9.84. The van der Waals surface area contributed by atoms with Gasteiger partial charge in [-0.15, -0.1) is 11.6 Å². The normalized spacial score (nSPS) is 10.2. The lowest BCUT2D eigenvalue weighted by molar-refractivity contribution is 0.905. The van der Waals surface area contributed by atoms with Gasteiger partial charge in [0.05, 0.1) is 0 Å². The molecule has 3 nitrogen and oxygen atoms in total. The van der Waals surface area contributed by atoms with Gasteiger partial charge in [-0.1, -0.05) is 0 Å². The lowest BCUT2D eigenvalue weighted by Crippen LogP contribution is -2.21. The lowest BCUT2D eigenvalue weighted by Gasteiger charge is -2.16. The summed E-state index contributed by atoms with van der Waals surface area (Å²) in [6, 6.07) is 1.96. The van der Waals surface area contributed by atoms with Crippen molar-refractivity contribution in [2.75, 3.05) is 24.4 Å². The number of nitrogens with zero attached hydrogens (tertiary/aromatic N) is 3. The van der Waals surface area contributed by atoms with Gasteiger partial charge in [-0.05, 0) is 13.8 Å². The number of rotatable bonds is 3. The van der Waals surface area contributed by atoms with Gasteiger partial charge in [-0.3, -0.25) is 0 Å². The first kappa shape index (κ1) is 10.3. The molecule has 0 aliphatic carbocycles. The van der Waals surface area contributed by atoms with Crippen molar-refractivity contribution >= 4 is 17.4 Å². The van der Waals surface area contributed by atoms with Crippen molar-refractivity contribution in [2.24, 2.45) is 0 Å². The van der Waals surface area contributed by atoms with Gasteiger partial charge in [-0.2, -0.15) is 0 Å². The second kappa shape index (κ2) is 4.42. The summed E-state index contributed by atoms with van der Waals surface area (Å²) in [6.07, 6.45) is 0. The van der Waals surface area contributed by atoms with E-state index in [-0.39, 0.29) is 0 Å². The highest BCUT2D eigenvalue weighted by atomic mass is 35.5. The fourth-order valence-corrected chi connectivity index (χ4v) is 1.39. The van der Waals surface area contributed by atoms with E-state index in [1.807, 2.05) is 31.9 Å². The molecule has 72 valence electrons. The lowest BCUT2D eigenvalue weighted by atomic mass is 10.4. The Bertz CT molecular complexity index is 268. The second-order valence-corrected chi connectivity index (χ2v) is 3.40. The van der Waals surface area contributed by atoms with Gasteiger partial charge in [0.1, 0.15) is 11.6 Å². The van der Waals surface area contributed by atoms with E-state index in [4.69, 9.17) is 11.6 Å². The van der Waals surface area contributed by atoms with Crippen LogP contribution in [-0.4, -0.2) is 29.4 Å². The Morgan fingerprint density at radius 1 is 1.38 bits per heavy atom. The van der Waals surface area contributed by atoms with Gasteiger partial charge in [0.2, 0.25) is 0 Å². The molecule has 0 bridgehead atoms. The summed E-state index contributed by atoms with van der Waals surface area (Å²) in [6.45, 7) is 4.66. The van der Waals surface area contributed by atoms with Gasteiger partial charge in [-0.25, -0.2) is 9.97 Å². The van der Waals surface area contributed by atoms with Crippen molar-refractivity contribution < 1.29 is 0 Å². The standard InChI is InChI=1S/C9H14ClN3/c1-7-6-9(12-8(2)11-7)13(3)5-4-10/h6H,4-5H2,1-3H3. The van der Waals surface area contributed by atoms with E-state index in [0.29, 0.717) is 5.88 Å². The molecule has 0 aliphatic heterocycles. The SMILES string of the molecule is Cc1cc(N(C)CCCl)nc(C)n1. The average Bonchev–Trinajstić information content (AvgIpc) is 2.03. The Morgan fingerprint density at radius 3 is 2.62 bits per heavy atom. The third kappa shape index (κ3) is 2.84. The molecule has 1 aromatic heterocycles. The summed E-state index contributed by atoms with van der Waals surface area (Å²) in [5, 5.41) is 0. The van der Waals surface area contributed by atoms with Crippen LogP contribution in [0.15, 0.2) is 6.07 Å². The number of anilines is 1. The largest absolute Gasteiger partial charge is 0.358 e. The minimum atomic E-state index is 0.610. The number of alkyl halides is 1. The van der Waals surface area contributed by atoms with E-state index >= 15 is 0 Å². The molecule has 0 atom stereocenters. The van der Waals surface area contributed by atoms with Crippen LogP contribution in [0, 0.1) is 13.8 Å². The van der Waals surface area contributed by atoms with Crippen LogP contribution in [0.25, 0.3) is 0 Å². The maximum atomic E-state index is 5.64. The average molecular weight is 200 g/mol. The molecule has 0 aliphatic rings. The molecule has 1 rings (SSSR count). The van der Waals surface area contributed by atoms with E-state index in [2.05, 4.69) is 9.97 Å². The van der Waals surface area contributed by atoms with Crippen molar-refractivity contribution in [3.05, 3.63) is 17.6 Å². The van der Waals surface area contributed by atoms with Crippen molar-refractivity contribution in [1.82, 2.24) is 9.97 Å². The van der Waals surface area contributed by atoms with E-state index in [1.165, 1.54) is 0 Å². The van der Waals surface area contributed by atoms with Crippen LogP contribution in [0.4, 0.5) is 5.82 Å². The monoisotopic (exact) mass is 199 g/mol. The van der Waals surface area contributed by atoms with Crippen molar-refractivity contribution in [1.29, 1.82) is 0 Å². The molecule has 0 spiro atoms.